The molecule has 0 N–H and O–H groups in total. The summed E-state index contributed by atoms with van der Waals surface area (Å²) in [7, 11) is 3.14. The number of methoxy groups -OCH3 is 2. The molecule has 1 aromatic heterocycles. The highest BCUT2D eigenvalue weighted by molar-refractivity contribution is 6.31. The van der Waals surface area contributed by atoms with Crippen LogP contribution in [0.25, 0.3) is 11.4 Å². The molecule has 0 saturated carbocycles. The molecular formula is C23H22ClN3O5. The fraction of sp³-hybridized carbons (Fsp3) is 0.261. The van der Waals surface area contributed by atoms with Gasteiger partial charge in [-0.3, -0.25) is 4.79 Å². The Morgan fingerprint density at radius 2 is 1.97 bits per heavy atom. The van der Waals surface area contributed by atoms with Gasteiger partial charge in [0.2, 0.25) is 5.91 Å². The molecule has 32 heavy (non-hydrogen) atoms. The molecule has 0 bridgehead atoms. The van der Waals surface area contributed by atoms with Gasteiger partial charge in [0, 0.05) is 22.2 Å². The summed E-state index contributed by atoms with van der Waals surface area (Å²) in [4.78, 5) is 31.9. The molecule has 2 aromatic carbocycles. The van der Waals surface area contributed by atoms with Crippen molar-refractivity contribution in [2.24, 2.45) is 0 Å². The molecule has 0 aliphatic carbocycles. The Labute approximate surface area is 190 Å². The fourth-order valence-electron chi connectivity index (χ4n) is 3.72. The Morgan fingerprint density at radius 3 is 2.69 bits per heavy atom. The van der Waals surface area contributed by atoms with Crippen molar-refractivity contribution < 1.29 is 23.8 Å². The molecule has 0 unspecified atom stereocenters. The minimum absolute atomic E-state index is 0.0751. The number of rotatable bonds is 6. The first-order valence-electron chi connectivity index (χ1n) is 10.0. The Bertz CT molecular complexity index is 1190. The van der Waals surface area contributed by atoms with E-state index in [0.717, 1.165) is 5.56 Å². The van der Waals surface area contributed by atoms with E-state index in [0.29, 0.717) is 33.6 Å². The first kappa shape index (κ1) is 21.7. The number of halogens is 1. The number of hydrogen-bond acceptors (Lipinski definition) is 6. The van der Waals surface area contributed by atoms with E-state index in [-0.39, 0.29) is 31.3 Å². The SMILES string of the molecule is CCOC(=O)c1cnc2n1CC(=O)N(Cc1ccc(OC)cc1OC)c1cc(Cl)ccc1-2. The van der Waals surface area contributed by atoms with Crippen molar-refractivity contribution >= 4 is 29.2 Å². The Hall–Kier alpha value is -3.52. The summed E-state index contributed by atoms with van der Waals surface area (Å²) in [5.41, 5.74) is 2.29. The lowest BCUT2D eigenvalue weighted by molar-refractivity contribution is -0.119. The highest BCUT2D eigenvalue weighted by Crippen LogP contribution is 2.38. The predicted octanol–water partition coefficient (Wildman–Crippen LogP) is 3.94. The number of fused-ring (bicyclic) bond motifs is 3. The maximum Gasteiger partial charge on any atom is 0.356 e. The van der Waals surface area contributed by atoms with Gasteiger partial charge in [-0.2, -0.15) is 0 Å². The van der Waals surface area contributed by atoms with Crippen LogP contribution in [0.5, 0.6) is 11.5 Å². The number of nitrogens with zero attached hydrogens (tertiary/aromatic N) is 3. The number of ether oxygens (including phenoxy) is 3. The van der Waals surface area contributed by atoms with Crippen LogP contribution in [0.3, 0.4) is 0 Å². The highest BCUT2D eigenvalue weighted by Gasteiger charge is 2.31. The number of anilines is 1. The van der Waals surface area contributed by atoms with Crippen molar-refractivity contribution in [3.63, 3.8) is 0 Å². The maximum absolute atomic E-state index is 13.4. The molecule has 1 amide bonds. The second kappa shape index (κ2) is 8.92. The maximum atomic E-state index is 13.4. The standard InChI is InChI=1S/C23H22ClN3O5/c1-4-32-23(29)19-11-25-22-17-8-6-15(24)9-18(17)26(21(28)13-27(19)22)12-14-5-7-16(30-2)10-20(14)31-3/h5-11H,4,12-13H2,1-3H3. The largest absolute Gasteiger partial charge is 0.497 e. The van der Waals surface area contributed by atoms with Gasteiger partial charge in [-0.05, 0) is 37.3 Å². The molecule has 0 saturated heterocycles. The predicted molar refractivity (Wildman–Crippen MR) is 119 cm³/mol. The minimum atomic E-state index is -0.528. The summed E-state index contributed by atoms with van der Waals surface area (Å²) >= 11 is 6.29. The van der Waals surface area contributed by atoms with Gasteiger partial charge in [0.15, 0.2) is 0 Å². The normalized spacial score (nSPS) is 12.6. The summed E-state index contributed by atoms with van der Waals surface area (Å²) in [5.74, 6) is 0.983. The summed E-state index contributed by atoms with van der Waals surface area (Å²) in [6.45, 7) is 2.11. The molecule has 0 fully saturated rings. The number of benzene rings is 2. The fourth-order valence-corrected chi connectivity index (χ4v) is 3.88. The van der Waals surface area contributed by atoms with Crippen LogP contribution in [0, 0.1) is 0 Å². The monoisotopic (exact) mass is 455 g/mol. The van der Waals surface area contributed by atoms with Gasteiger partial charge in [0.25, 0.3) is 0 Å². The van der Waals surface area contributed by atoms with Crippen molar-refractivity contribution in [2.75, 3.05) is 25.7 Å². The molecule has 0 radical (unpaired) electrons. The lowest BCUT2D eigenvalue weighted by Gasteiger charge is -2.24. The number of aromatic nitrogens is 2. The minimum Gasteiger partial charge on any atom is -0.497 e. The third kappa shape index (κ3) is 3.89. The van der Waals surface area contributed by atoms with Crippen LogP contribution in [0.15, 0.2) is 42.6 Å². The van der Waals surface area contributed by atoms with Gasteiger partial charge in [0.1, 0.15) is 29.6 Å². The van der Waals surface area contributed by atoms with E-state index in [1.165, 1.54) is 6.20 Å². The van der Waals surface area contributed by atoms with Crippen molar-refractivity contribution in [3.8, 4) is 22.9 Å². The van der Waals surface area contributed by atoms with E-state index < -0.39 is 5.97 Å². The third-order valence-corrected chi connectivity index (χ3v) is 5.48. The molecule has 4 rings (SSSR count). The van der Waals surface area contributed by atoms with Crippen LogP contribution in [-0.2, 0) is 22.6 Å². The molecule has 1 aliphatic rings. The molecule has 0 atom stereocenters. The van der Waals surface area contributed by atoms with E-state index in [9.17, 15) is 9.59 Å². The van der Waals surface area contributed by atoms with Gasteiger partial charge < -0.3 is 23.7 Å². The quantitative estimate of drug-likeness (QED) is 0.523. The summed E-state index contributed by atoms with van der Waals surface area (Å²) < 4.78 is 17.5. The van der Waals surface area contributed by atoms with Gasteiger partial charge in [-0.1, -0.05) is 11.6 Å². The van der Waals surface area contributed by atoms with E-state index in [1.54, 1.807) is 54.9 Å². The number of amides is 1. The number of esters is 1. The first-order valence-corrected chi connectivity index (χ1v) is 10.4. The average Bonchev–Trinajstić information content (AvgIpc) is 3.16. The van der Waals surface area contributed by atoms with Crippen LogP contribution in [0.2, 0.25) is 5.02 Å². The Kier molecular flexibility index (Phi) is 6.05. The molecular weight excluding hydrogens is 434 g/mol. The molecule has 3 aromatic rings. The zero-order valence-corrected chi connectivity index (χ0v) is 18.7. The molecule has 8 nitrogen and oxygen atoms in total. The second-order valence-corrected chi connectivity index (χ2v) is 7.53. The van der Waals surface area contributed by atoms with Crippen molar-refractivity contribution in [3.05, 3.63) is 58.9 Å². The molecule has 1 aliphatic heterocycles. The molecule has 2 heterocycles. The number of carbonyl (C=O) groups excluding carboxylic acids is 2. The summed E-state index contributed by atoms with van der Waals surface area (Å²) in [5, 5.41) is 0.480. The van der Waals surface area contributed by atoms with E-state index >= 15 is 0 Å². The van der Waals surface area contributed by atoms with Crippen molar-refractivity contribution in [2.45, 2.75) is 20.0 Å². The zero-order valence-electron chi connectivity index (χ0n) is 17.9. The van der Waals surface area contributed by atoms with E-state index in [4.69, 9.17) is 25.8 Å². The van der Waals surface area contributed by atoms with Gasteiger partial charge >= 0.3 is 5.97 Å². The number of hydrogen-bond donors (Lipinski definition) is 0. The molecule has 166 valence electrons. The zero-order chi connectivity index (χ0) is 22.8. The Balaban J connectivity index is 1.81. The van der Waals surface area contributed by atoms with Crippen LogP contribution in [-0.4, -0.2) is 42.3 Å². The Morgan fingerprint density at radius 1 is 1.16 bits per heavy atom. The lowest BCUT2D eigenvalue weighted by Crippen LogP contribution is -2.33. The van der Waals surface area contributed by atoms with Crippen molar-refractivity contribution in [1.82, 2.24) is 9.55 Å². The van der Waals surface area contributed by atoms with Crippen molar-refractivity contribution in [1.29, 1.82) is 0 Å². The van der Waals surface area contributed by atoms with E-state index in [2.05, 4.69) is 4.98 Å². The van der Waals surface area contributed by atoms with Gasteiger partial charge in [0.05, 0.1) is 39.3 Å². The highest BCUT2D eigenvalue weighted by atomic mass is 35.5. The van der Waals surface area contributed by atoms with Crippen LogP contribution >= 0.6 is 11.6 Å². The van der Waals surface area contributed by atoms with Gasteiger partial charge in [-0.15, -0.1) is 0 Å². The number of imidazole rings is 1. The number of carbonyl (C=O) groups is 2. The second-order valence-electron chi connectivity index (χ2n) is 7.09. The average molecular weight is 456 g/mol. The molecule has 0 spiro atoms. The smallest absolute Gasteiger partial charge is 0.356 e. The van der Waals surface area contributed by atoms with Crippen LogP contribution in [0.4, 0.5) is 5.69 Å². The third-order valence-electron chi connectivity index (χ3n) is 5.25. The summed E-state index contributed by atoms with van der Waals surface area (Å²) in [6.07, 6.45) is 1.43. The topological polar surface area (TPSA) is 82.9 Å². The first-order chi connectivity index (χ1) is 15.5. The van der Waals surface area contributed by atoms with Crippen LogP contribution in [0.1, 0.15) is 23.0 Å². The lowest BCUT2D eigenvalue weighted by atomic mass is 10.1. The van der Waals surface area contributed by atoms with Crippen LogP contribution < -0.4 is 14.4 Å². The summed E-state index contributed by atoms with van der Waals surface area (Å²) in [6, 6.07) is 10.7. The molecule has 9 heteroatoms. The van der Waals surface area contributed by atoms with Gasteiger partial charge in [-0.25, -0.2) is 9.78 Å². The van der Waals surface area contributed by atoms with E-state index in [1.807, 2.05) is 12.1 Å².